The quantitative estimate of drug-likeness (QED) is 0.681. The van der Waals surface area contributed by atoms with Gasteiger partial charge in [-0.05, 0) is 38.8 Å². The number of anilines is 3. The number of fused-ring (bicyclic) bond motifs is 1. The number of carbonyl (C=O) groups excluding carboxylic acids is 3. The first kappa shape index (κ1) is 21.8. The third-order valence-corrected chi connectivity index (χ3v) is 5.55. The molecule has 0 unspecified atom stereocenters. The molecule has 8 nitrogen and oxygen atoms in total. The van der Waals surface area contributed by atoms with Gasteiger partial charge >= 0.3 is 5.97 Å². The van der Waals surface area contributed by atoms with Crippen molar-refractivity contribution in [2.75, 3.05) is 28.7 Å². The van der Waals surface area contributed by atoms with Crippen LogP contribution >= 0.6 is 11.3 Å². The average molecular weight is 431 g/mol. The van der Waals surface area contributed by atoms with Crippen molar-refractivity contribution in [3.63, 3.8) is 0 Å². The molecule has 1 aliphatic heterocycles. The normalized spacial score (nSPS) is 14.9. The van der Waals surface area contributed by atoms with Crippen LogP contribution in [0.2, 0.25) is 0 Å². The predicted octanol–water partition coefficient (Wildman–Crippen LogP) is 3.44. The molecule has 2 N–H and O–H groups in total. The molecular weight excluding hydrogens is 404 g/mol. The van der Waals surface area contributed by atoms with Gasteiger partial charge in [0.05, 0.1) is 23.7 Å². The highest BCUT2D eigenvalue weighted by Crippen LogP contribution is 2.35. The van der Waals surface area contributed by atoms with Crippen molar-refractivity contribution in [1.29, 1.82) is 0 Å². The lowest BCUT2D eigenvalue weighted by molar-refractivity contribution is -0.124. The fraction of sp³-hybridized carbons (Fsp3) is 0.429. The van der Waals surface area contributed by atoms with Crippen LogP contribution in [0, 0.1) is 12.8 Å². The van der Waals surface area contributed by atoms with Crippen molar-refractivity contribution in [3.05, 3.63) is 34.8 Å². The van der Waals surface area contributed by atoms with Crippen LogP contribution in [0.15, 0.2) is 24.3 Å². The van der Waals surface area contributed by atoms with E-state index >= 15 is 0 Å². The van der Waals surface area contributed by atoms with Gasteiger partial charge in [0.15, 0.2) is 5.13 Å². The van der Waals surface area contributed by atoms with Crippen molar-refractivity contribution < 1.29 is 19.1 Å². The van der Waals surface area contributed by atoms with Gasteiger partial charge in [0.25, 0.3) is 5.91 Å². The fourth-order valence-electron chi connectivity index (χ4n) is 3.06. The van der Waals surface area contributed by atoms with E-state index in [2.05, 4.69) is 15.6 Å². The van der Waals surface area contributed by atoms with E-state index in [0.717, 1.165) is 17.0 Å². The highest BCUT2D eigenvalue weighted by atomic mass is 32.1. The van der Waals surface area contributed by atoms with Gasteiger partial charge in [0.2, 0.25) is 5.91 Å². The number of ether oxygens (including phenoxy) is 1. The molecule has 1 aliphatic rings. The van der Waals surface area contributed by atoms with Gasteiger partial charge in [-0.25, -0.2) is 9.78 Å². The van der Waals surface area contributed by atoms with E-state index in [0.29, 0.717) is 28.0 Å². The maximum atomic E-state index is 12.9. The number of amides is 2. The molecule has 0 radical (unpaired) electrons. The van der Waals surface area contributed by atoms with E-state index in [4.69, 9.17) is 4.74 Å². The van der Waals surface area contributed by atoms with Crippen molar-refractivity contribution >= 4 is 45.6 Å². The van der Waals surface area contributed by atoms with Crippen molar-refractivity contribution in [3.8, 4) is 0 Å². The number of aromatic nitrogens is 1. The predicted molar refractivity (Wildman–Crippen MR) is 117 cm³/mol. The molecule has 9 heteroatoms. The molecule has 1 aromatic heterocycles. The first-order valence-electron chi connectivity index (χ1n) is 9.72. The molecule has 0 saturated heterocycles. The topological polar surface area (TPSA) is 101 Å². The molecule has 0 fully saturated rings. The molecular formula is C21H26N4O4S. The minimum atomic E-state index is -0.834. The van der Waals surface area contributed by atoms with Crippen LogP contribution in [-0.2, 0) is 14.3 Å². The van der Waals surface area contributed by atoms with E-state index in [1.54, 1.807) is 26.8 Å². The monoisotopic (exact) mass is 430 g/mol. The molecule has 0 aliphatic carbocycles. The van der Waals surface area contributed by atoms with E-state index in [1.165, 1.54) is 4.90 Å². The molecule has 1 aromatic carbocycles. The number of rotatable bonds is 6. The highest BCUT2D eigenvalue weighted by Gasteiger charge is 2.39. The molecule has 2 amide bonds. The van der Waals surface area contributed by atoms with E-state index < -0.39 is 17.4 Å². The Bertz CT molecular complexity index is 983. The maximum Gasteiger partial charge on any atom is 0.350 e. The first-order chi connectivity index (χ1) is 14.1. The van der Waals surface area contributed by atoms with Gasteiger partial charge in [-0.15, -0.1) is 0 Å². The summed E-state index contributed by atoms with van der Waals surface area (Å²) in [6, 6.07) is 7.34. The van der Waals surface area contributed by atoms with Gasteiger partial charge in [-0.3, -0.25) is 14.5 Å². The molecule has 2 aromatic rings. The molecule has 3 rings (SSSR count). The summed E-state index contributed by atoms with van der Waals surface area (Å²) in [5.41, 5.74) is 1.09. The van der Waals surface area contributed by atoms with E-state index in [1.807, 2.05) is 32.0 Å². The van der Waals surface area contributed by atoms with Gasteiger partial charge in [0, 0.05) is 0 Å². The van der Waals surface area contributed by atoms with E-state index in [-0.39, 0.29) is 18.4 Å². The minimum Gasteiger partial charge on any atom is -0.461 e. The smallest absolute Gasteiger partial charge is 0.350 e. The minimum absolute atomic E-state index is 0.160. The van der Waals surface area contributed by atoms with Crippen LogP contribution in [0.5, 0.6) is 0 Å². The first-order valence-corrected chi connectivity index (χ1v) is 10.5. The molecule has 0 atom stereocenters. The number of nitrogens with zero attached hydrogens (tertiary/aromatic N) is 2. The summed E-state index contributed by atoms with van der Waals surface area (Å²) in [4.78, 5) is 43.8. The van der Waals surface area contributed by atoms with Crippen LogP contribution in [0.4, 0.5) is 16.5 Å². The number of esters is 1. The number of hydrogen-bond acceptors (Lipinski definition) is 7. The Hall–Kier alpha value is -2.94. The number of para-hydroxylation sites is 2. The summed E-state index contributed by atoms with van der Waals surface area (Å²) in [6.45, 7) is 9.30. The van der Waals surface area contributed by atoms with E-state index in [9.17, 15) is 14.4 Å². The summed E-state index contributed by atoms with van der Waals surface area (Å²) < 4.78 is 5.25. The van der Waals surface area contributed by atoms with Crippen molar-refractivity contribution in [2.24, 2.45) is 5.92 Å². The van der Waals surface area contributed by atoms with Gasteiger partial charge in [-0.1, -0.05) is 37.3 Å². The standard InChI is InChI=1S/C21H26N4O4S/c1-12(2)11-29-18(27)17-13(3)22-20(30-17)23-16(26)10-25-15-9-7-6-8-14(15)24-21(4,5)19(25)28/h6-9,12,24H,10-11H2,1-5H3,(H,22,23,26). The average Bonchev–Trinajstić information content (AvgIpc) is 3.03. The molecule has 0 bridgehead atoms. The second-order valence-electron chi connectivity index (χ2n) is 8.13. The Balaban J connectivity index is 1.72. The van der Waals surface area contributed by atoms with Crippen LogP contribution in [0.1, 0.15) is 43.1 Å². The number of benzene rings is 1. The summed E-state index contributed by atoms with van der Waals surface area (Å²) in [5, 5.41) is 6.19. The van der Waals surface area contributed by atoms with Crippen molar-refractivity contribution in [1.82, 2.24) is 4.98 Å². The lowest BCUT2D eigenvalue weighted by Gasteiger charge is -2.39. The zero-order valence-electron chi connectivity index (χ0n) is 17.7. The molecule has 0 saturated carbocycles. The zero-order valence-corrected chi connectivity index (χ0v) is 18.6. The Morgan fingerprint density at radius 3 is 2.70 bits per heavy atom. The third kappa shape index (κ3) is 4.62. The molecule has 30 heavy (non-hydrogen) atoms. The van der Waals surface area contributed by atoms with Crippen molar-refractivity contribution in [2.45, 2.75) is 40.2 Å². The number of hydrogen-bond donors (Lipinski definition) is 2. The van der Waals surface area contributed by atoms with Crippen LogP contribution in [0.3, 0.4) is 0 Å². The lowest BCUT2D eigenvalue weighted by Crippen LogP contribution is -2.55. The maximum absolute atomic E-state index is 12.9. The second kappa shape index (κ2) is 8.43. The third-order valence-electron chi connectivity index (χ3n) is 4.50. The molecule has 0 spiro atoms. The van der Waals surface area contributed by atoms with Gasteiger partial charge in [0.1, 0.15) is 17.0 Å². The number of aryl methyl sites for hydroxylation is 1. The number of nitrogens with one attached hydrogen (secondary N) is 2. The summed E-state index contributed by atoms with van der Waals surface area (Å²) in [5.74, 6) is -0.825. The Morgan fingerprint density at radius 1 is 1.30 bits per heavy atom. The Morgan fingerprint density at radius 2 is 2.00 bits per heavy atom. The fourth-order valence-corrected chi connectivity index (χ4v) is 3.93. The highest BCUT2D eigenvalue weighted by molar-refractivity contribution is 7.17. The molecule has 160 valence electrons. The SMILES string of the molecule is Cc1nc(NC(=O)CN2C(=O)C(C)(C)Nc3ccccc32)sc1C(=O)OCC(C)C. The molecule has 2 heterocycles. The van der Waals surface area contributed by atoms with Crippen LogP contribution in [0.25, 0.3) is 0 Å². The Labute approximate surface area is 179 Å². The van der Waals surface area contributed by atoms with Gasteiger partial charge in [-0.2, -0.15) is 0 Å². The largest absolute Gasteiger partial charge is 0.461 e. The number of carbonyl (C=O) groups is 3. The summed E-state index contributed by atoms with van der Waals surface area (Å²) in [7, 11) is 0. The second-order valence-corrected chi connectivity index (χ2v) is 9.13. The number of thiazole rings is 1. The summed E-state index contributed by atoms with van der Waals surface area (Å²) in [6.07, 6.45) is 0. The zero-order chi connectivity index (χ0) is 22.1. The van der Waals surface area contributed by atoms with Crippen LogP contribution < -0.4 is 15.5 Å². The lowest BCUT2D eigenvalue weighted by atomic mass is 9.98. The van der Waals surface area contributed by atoms with Crippen LogP contribution in [-0.4, -0.2) is 41.5 Å². The van der Waals surface area contributed by atoms with Gasteiger partial charge < -0.3 is 15.4 Å². The summed E-state index contributed by atoms with van der Waals surface area (Å²) >= 11 is 1.06. The Kier molecular flexibility index (Phi) is 6.12.